The van der Waals surface area contributed by atoms with Crippen LogP contribution in [0.15, 0.2) is 29.8 Å². The number of aliphatic hydroxyl groups excluding tert-OH is 3. The topological polar surface area (TPSA) is 136 Å². The third-order valence-corrected chi connectivity index (χ3v) is 7.92. The second kappa shape index (κ2) is 9.07. The van der Waals surface area contributed by atoms with Gasteiger partial charge < -0.3 is 34.7 Å². The molecule has 0 aromatic heterocycles. The second-order valence-electron chi connectivity index (χ2n) is 9.63. The van der Waals surface area contributed by atoms with Crippen molar-refractivity contribution in [2.75, 3.05) is 0 Å². The average Bonchev–Trinajstić information content (AvgIpc) is 3.08. The summed E-state index contributed by atoms with van der Waals surface area (Å²) in [7, 11) is 0. The molecule has 3 aliphatic carbocycles. The molecule has 33 heavy (non-hydrogen) atoms. The van der Waals surface area contributed by atoms with Crippen LogP contribution >= 0.6 is 0 Å². The minimum Gasteiger partial charge on any atom is -0.547 e. The number of ether oxygens (including phenoxy) is 2. The fraction of sp³-hybridized carbons (Fsp3) is 0.583. The molecular weight excluding hydrogens is 439 g/mol. The summed E-state index contributed by atoms with van der Waals surface area (Å²) in [5, 5.41) is 41.1. The number of carbonyl (C=O) groups is 2. The van der Waals surface area contributed by atoms with Gasteiger partial charge in [0.2, 0.25) is 6.29 Å². The summed E-state index contributed by atoms with van der Waals surface area (Å²) in [5.74, 6) is -0.382. The van der Waals surface area contributed by atoms with Crippen LogP contribution in [-0.4, -0.2) is 57.8 Å². The summed E-state index contributed by atoms with van der Waals surface area (Å²) in [5.41, 5.74) is 3.39. The minimum atomic E-state index is -1.82. The molecular formula is C24H27NaO8. The molecule has 0 amide bonds. The molecule has 5 rings (SSSR count). The number of fused-ring (bicyclic) bond motifs is 5. The molecule has 8 atom stereocenters. The third kappa shape index (κ3) is 3.99. The molecule has 1 aromatic carbocycles. The fourth-order valence-corrected chi connectivity index (χ4v) is 6.07. The van der Waals surface area contributed by atoms with Gasteiger partial charge in [0.15, 0.2) is 0 Å². The molecule has 1 saturated heterocycles. The summed E-state index contributed by atoms with van der Waals surface area (Å²) in [6.07, 6.45) is -2.18. The van der Waals surface area contributed by atoms with Crippen LogP contribution in [0.3, 0.4) is 0 Å². The van der Waals surface area contributed by atoms with E-state index < -0.39 is 36.7 Å². The number of carboxylic acids is 1. The van der Waals surface area contributed by atoms with E-state index in [0.717, 1.165) is 24.8 Å². The molecule has 9 heteroatoms. The standard InChI is InChI=1S/C24H28O8.Na/c1-24-9-8-14-13-5-3-12(10-11(13)2-4-15(14)16(24)6-7-17(24)25)31-23-20(28)18(26)19(27)21(32-23)22(29)30;/h3-5,10,14,16,18-21,23,26-28H,2,6-9H2,1H3,(H,29,30);/q;+1/p-1/t14-,16+,18?,19+,20?,21?,23+,24-;/m0./s1. The number of allylic oxidation sites excluding steroid dienone is 2. The molecule has 1 aliphatic heterocycles. The van der Waals surface area contributed by atoms with E-state index in [2.05, 4.69) is 13.0 Å². The Kier molecular flexibility index (Phi) is 6.83. The quantitative estimate of drug-likeness (QED) is 0.316. The Morgan fingerprint density at radius 2 is 1.94 bits per heavy atom. The van der Waals surface area contributed by atoms with Gasteiger partial charge in [0, 0.05) is 17.8 Å². The summed E-state index contributed by atoms with van der Waals surface area (Å²) >= 11 is 0. The Morgan fingerprint density at radius 1 is 1.18 bits per heavy atom. The van der Waals surface area contributed by atoms with Crippen LogP contribution in [0.2, 0.25) is 0 Å². The molecule has 4 aliphatic rings. The number of aliphatic hydroxyl groups is 3. The van der Waals surface area contributed by atoms with Gasteiger partial charge >= 0.3 is 29.6 Å². The molecule has 3 unspecified atom stereocenters. The van der Waals surface area contributed by atoms with E-state index in [0.29, 0.717) is 30.3 Å². The Hall–Kier alpha value is -1.26. The van der Waals surface area contributed by atoms with E-state index in [1.54, 1.807) is 6.07 Å². The average molecular weight is 466 g/mol. The Morgan fingerprint density at radius 3 is 2.67 bits per heavy atom. The van der Waals surface area contributed by atoms with E-state index in [4.69, 9.17) is 9.47 Å². The number of rotatable bonds is 3. The van der Waals surface area contributed by atoms with E-state index in [-0.39, 0.29) is 40.9 Å². The first-order valence-electron chi connectivity index (χ1n) is 11.1. The molecule has 0 radical (unpaired) electrons. The summed E-state index contributed by atoms with van der Waals surface area (Å²) in [6, 6.07) is 5.53. The SMILES string of the molecule is C[C@]12CC[C@@H]3C(=CCc4cc(O[C@@H]5OC(C(=O)[O-])[C@H](O)C(O)C5O)ccc43)[C@H]1CCC2=O.[Na+]. The van der Waals surface area contributed by atoms with Crippen LogP contribution < -0.4 is 39.4 Å². The van der Waals surface area contributed by atoms with Crippen molar-refractivity contribution in [3.63, 3.8) is 0 Å². The van der Waals surface area contributed by atoms with Crippen LogP contribution in [0.25, 0.3) is 0 Å². The predicted octanol–water partition coefficient (Wildman–Crippen LogP) is -3.03. The van der Waals surface area contributed by atoms with Crippen molar-refractivity contribution in [2.24, 2.45) is 11.3 Å². The van der Waals surface area contributed by atoms with Gasteiger partial charge in [0.05, 0.1) is 5.97 Å². The van der Waals surface area contributed by atoms with Crippen molar-refractivity contribution in [3.8, 4) is 5.75 Å². The first kappa shape index (κ1) is 24.9. The number of ketones is 1. The number of aliphatic carboxylic acids is 1. The zero-order valence-electron chi connectivity index (χ0n) is 18.8. The number of Topliss-reactive ketones (excluding diaryl/α,β-unsaturated/α-hetero) is 1. The summed E-state index contributed by atoms with van der Waals surface area (Å²) in [6.45, 7) is 2.11. The van der Waals surface area contributed by atoms with E-state index in [1.165, 1.54) is 11.1 Å². The number of hydrogen-bond donors (Lipinski definition) is 3. The maximum atomic E-state index is 12.5. The summed E-state index contributed by atoms with van der Waals surface area (Å²) < 4.78 is 10.8. The predicted molar refractivity (Wildman–Crippen MR) is 108 cm³/mol. The number of carboxylic acid groups (broad SMARTS) is 1. The van der Waals surface area contributed by atoms with Gasteiger partial charge in [-0.3, -0.25) is 4.79 Å². The van der Waals surface area contributed by atoms with Crippen molar-refractivity contribution in [3.05, 3.63) is 41.0 Å². The normalized spacial score (nSPS) is 39.5. The van der Waals surface area contributed by atoms with Gasteiger partial charge in [-0.15, -0.1) is 0 Å². The van der Waals surface area contributed by atoms with Crippen molar-refractivity contribution < 1.29 is 69.0 Å². The monoisotopic (exact) mass is 466 g/mol. The molecule has 172 valence electrons. The van der Waals surface area contributed by atoms with Crippen LogP contribution in [0.4, 0.5) is 0 Å². The fourth-order valence-electron chi connectivity index (χ4n) is 6.07. The molecule has 8 nitrogen and oxygen atoms in total. The number of hydrogen-bond acceptors (Lipinski definition) is 8. The van der Waals surface area contributed by atoms with E-state index in [9.17, 15) is 30.0 Å². The maximum Gasteiger partial charge on any atom is 1.00 e. The van der Waals surface area contributed by atoms with E-state index >= 15 is 0 Å². The van der Waals surface area contributed by atoms with Gasteiger partial charge in [0.1, 0.15) is 35.9 Å². The van der Waals surface area contributed by atoms with Gasteiger partial charge in [-0.05, 0) is 54.9 Å². The molecule has 3 fully saturated rings. The number of carbonyl (C=O) groups excluding carboxylic acids is 2. The summed E-state index contributed by atoms with van der Waals surface area (Å²) in [4.78, 5) is 23.7. The van der Waals surface area contributed by atoms with Crippen LogP contribution in [0.1, 0.15) is 49.7 Å². The molecule has 1 aromatic rings. The van der Waals surface area contributed by atoms with Crippen molar-refractivity contribution in [1.82, 2.24) is 0 Å². The van der Waals surface area contributed by atoms with Crippen molar-refractivity contribution in [1.29, 1.82) is 0 Å². The van der Waals surface area contributed by atoms with Crippen molar-refractivity contribution in [2.45, 2.75) is 75.7 Å². The number of benzene rings is 1. The first-order chi connectivity index (χ1) is 15.2. The zero-order chi connectivity index (χ0) is 22.8. The van der Waals surface area contributed by atoms with E-state index in [1.807, 2.05) is 12.1 Å². The Labute approximate surface area is 213 Å². The van der Waals surface area contributed by atoms with Gasteiger partial charge in [0.25, 0.3) is 0 Å². The third-order valence-electron chi connectivity index (χ3n) is 7.92. The van der Waals surface area contributed by atoms with Crippen LogP contribution in [-0.2, 0) is 20.7 Å². The molecule has 0 spiro atoms. The molecule has 3 N–H and O–H groups in total. The first-order valence-corrected chi connectivity index (χ1v) is 11.1. The Bertz CT molecular complexity index is 993. The molecule has 1 heterocycles. The Balaban J connectivity index is 0.00000259. The zero-order valence-corrected chi connectivity index (χ0v) is 20.8. The van der Waals surface area contributed by atoms with Gasteiger partial charge in [-0.2, -0.15) is 0 Å². The van der Waals surface area contributed by atoms with Crippen LogP contribution in [0.5, 0.6) is 5.75 Å². The second-order valence-corrected chi connectivity index (χ2v) is 9.63. The largest absolute Gasteiger partial charge is 1.00 e. The maximum absolute atomic E-state index is 12.5. The smallest absolute Gasteiger partial charge is 0.547 e. The van der Waals surface area contributed by atoms with Crippen LogP contribution in [0, 0.1) is 11.3 Å². The molecule has 2 saturated carbocycles. The minimum absolute atomic E-state index is 0. The van der Waals surface area contributed by atoms with Gasteiger partial charge in [-0.1, -0.05) is 24.6 Å². The van der Waals surface area contributed by atoms with Crippen molar-refractivity contribution >= 4 is 11.8 Å². The molecule has 0 bridgehead atoms. The van der Waals surface area contributed by atoms with Gasteiger partial charge in [-0.25, -0.2) is 0 Å².